The van der Waals surface area contributed by atoms with E-state index in [1.54, 1.807) is 0 Å². The van der Waals surface area contributed by atoms with Crippen molar-refractivity contribution in [2.45, 2.75) is 53.0 Å². The third-order valence-corrected chi connectivity index (χ3v) is 6.22. The molecule has 2 rings (SSSR count). The van der Waals surface area contributed by atoms with E-state index in [0.717, 1.165) is 23.1 Å². The Bertz CT molecular complexity index is 940. The fourth-order valence-electron chi connectivity index (χ4n) is 3.54. The Balaban J connectivity index is 2.03. The molecule has 0 fully saturated rings. The van der Waals surface area contributed by atoms with Crippen molar-refractivity contribution in [3.8, 4) is 0 Å². The van der Waals surface area contributed by atoms with Gasteiger partial charge in [-0.2, -0.15) is 0 Å². The summed E-state index contributed by atoms with van der Waals surface area (Å²) in [6.45, 7) is 8.38. The molecule has 6 heteroatoms. The van der Waals surface area contributed by atoms with Crippen LogP contribution in [0.15, 0.2) is 48.5 Å². The van der Waals surface area contributed by atoms with Crippen LogP contribution in [0.4, 0.5) is 5.69 Å². The van der Waals surface area contributed by atoms with Gasteiger partial charge >= 0.3 is 0 Å². The Morgan fingerprint density at radius 3 is 2.33 bits per heavy atom. The zero-order valence-electron chi connectivity index (χ0n) is 18.7. The number of hydrogen-bond donors (Lipinski definition) is 1. The van der Waals surface area contributed by atoms with Gasteiger partial charge < -0.3 is 5.32 Å². The average molecular weight is 431 g/mol. The van der Waals surface area contributed by atoms with Gasteiger partial charge in [0.05, 0.1) is 18.0 Å². The molecule has 1 amide bonds. The summed E-state index contributed by atoms with van der Waals surface area (Å²) in [7, 11) is -3.44. The van der Waals surface area contributed by atoms with Crippen molar-refractivity contribution >= 4 is 21.6 Å². The Kier molecular flexibility index (Phi) is 8.47. The monoisotopic (exact) mass is 430 g/mol. The van der Waals surface area contributed by atoms with E-state index < -0.39 is 10.0 Å². The lowest BCUT2D eigenvalue weighted by atomic mass is 9.97. The van der Waals surface area contributed by atoms with Gasteiger partial charge in [-0.3, -0.25) is 9.10 Å². The number of nitrogens with zero attached hydrogens (tertiary/aromatic N) is 1. The minimum atomic E-state index is -3.44. The predicted octanol–water partition coefficient (Wildman–Crippen LogP) is 4.75. The first kappa shape index (κ1) is 23.9. The van der Waals surface area contributed by atoms with Crippen molar-refractivity contribution in [2.75, 3.05) is 17.1 Å². The molecule has 5 nitrogen and oxygen atoms in total. The first-order chi connectivity index (χ1) is 14.1. The number of rotatable bonds is 10. The standard InChI is InChI=1S/C24H34N2O3S/c1-18(2)16-22(21-10-7-6-8-11-21)25-24(27)12-9-15-26(30(5,28)29)23-17-19(3)13-14-20(23)4/h6-8,10-11,13-14,17-18,22H,9,12,15-16H2,1-5H3,(H,25,27). The molecule has 1 atom stereocenters. The number of carbonyl (C=O) groups is 1. The summed E-state index contributed by atoms with van der Waals surface area (Å²) in [6, 6.07) is 15.7. The maximum absolute atomic E-state index is 12.6. The van der Waals surface area contributed by atoms with Crippen LogP contribution in [0.2, 0.25) is 0 Å². The summed E-state index contributed by atoms with van der Waals surface area (Å²) in [5, 5.41) is 3.13. The fourth-order valence-corrected chi connectivity index (χ4v) is 4.55. The number of anilines is 1. The summed E-state index contributed by atoms with van der Waals surface area (Å²) in [5.74, 6) is 0.388. The highest BCUT2D eigenvalue weighted by Crippen LogP contribution is 2.25. The Hall–Kier alpha value is -2.34. The summed E-state index contributed by atoms with van der Waals surface area (Å²) < 4.78 is 26.2. The molecule has 0 aliphatic rings. The first-order valence-electron chi connectivity index (χ1n) is 10.5. The maximum Gasteiger partial charge on any atom is 0.232 e. The Labute approximate surface area is 181 Å². The molecule has 0 aliphatic carbocycles. The van der Waals surface area contributed by atoms with Crippen molar-refractivity contribution in [1.82, 2.24) is 5.32 Å². The molecule has 0 radical (unpaired) electrons. The van der Waals surface area contributed by atoms with Crippen LogP contribution in [0.5, 0.6) is 0 Å². The minimum absolute atomic E-state index is 0.0382. The highest BCUT2D eigenvalue weighted by atomic mass is 32.2. The largest absolute Gasteiger partial charge is 0.349 e. The Morgan fingerprint density at radius 1 is 1.07 bits per heavy atom. The van der Waals surface area contributed by atoms with Crippen LogP contribution in [0, 0.1) is 19.8 Å². The molecule has 164 valence electrons. The van der Waals surface area contributed by atoms with Gasteiger partial charge in [-0.25, -0.2) is 8.42 Å². The van der Waals surface area contributed by atoms with Crippen molar-refractivity contribution in [1.29, 1.82) is 0 Å². The van der Waals surface area contributed by atoms with Gasteiger partial charge in [-0.05, 0) is 55.4 Å². The Morgan fingerprint density at radius 2 is 1.73 bits per heavy atom. The van der Waals surface area contributed by atoms with E-state index in [9.17, 15) is 13.2 Å². The van der Waals surface area contributed by atoms with Crippen LogP contribution in [0.1, 0.15) is 55.8 Å². The molecule has 2 aromatic carbocycles. The van der Waals surface area contributed by atoms with Crippen LogP contribution in [0.25, 0.3) is 0 Å². The molecule has 0 saturated heterocycles. The summed E-state index contributed by atoms with van der Waals surface area (Å²) >= 11 is 0. The molecular formula is C24H34N2O3S. The molecule has 0 aromatic heterocycles. The van der Waals surface area contributed by atoms with Crippen LogP contribution >= 0.6 is 0 Å². The van der Waals surface area contributed by atoms with E-state index in [0.29, 0.717) is 18.0 Å². The zero-order valence-corrected chi connectivity index (χ0v) is 19.5. The van der Waals surface area contributed by atoms with E-state index >= 15 is 0 Å². The van der Waals surface area contributed by atoms with Crippen LogP contribution in [-0.4, -0.2) is 27.1 Å². The first-order valence-corrected chi connectivity index (χ1v) is 12.3. The number of sulfonamides is 1. The number of nitrogens with one attached hydrogen (secondary N) is 1. The van der Waals surface area contributed by atoms with Gasteiger partial charge in [-0.15, -0.1) is 0 Å². The number of amides is 1. The maximum atomic E-state index is 12.6. The predicted molar refractivity (Wildman–Crippen MR) is 124 cm³/mol. The van der Waals surface area contributed by atoms with Crippen molar-refractivity contribution in [3.63, 3.8) is 0 Å². The molecule has 0 heterocycles. The molecule has 1 unspecified atom stereocenters. The topological polar surface area (TPSA) is 66.5 Å². The summed E-state index contributed by atoms with van der Waals surface area (Å²) in [4.78, 5) is 12.6. The third-order valence-electron chi connectivity index (χ3n) is 5.04. The van der Waals surface area contributed by atoms with Gasteiger partial charge in [0, 0.05) is 13.0 Å². The second-order valence-corrected chi connectivity index (χ2v) is 10.3. The minimum Gasteiger partial charge on any atom is -0.349 e. The lowest BCUT2D eigenvalue weighted by molar-refractivity contribution is -0.122. The normalized spacial score (nSPS) is 12.6. The van der Waals surface area contributed by atoms with E-state index in [4.69, 9.17) is 0 Å². The van der Waals surface area contributed by atoms with Gasteiger partial charge in [0.25, 0.3) is 0 Å². The fraction of sp³-hybridized carbons (Fsp3) is 0.458. The SMILES string of the molecule is Cc1ccc(C)c(N(CCCC(=O)NC(CC(C)C)c2ccccc2)S(C)(=O)=O)c1. The highest BCUT2D eigenvalue weighted by Gasteiger charge is 2.20. The molecule has 0 spiro atoms. The van der Waals surface area contributed by atoms with Gasteiger partial charge in [0.15, 0.2) is 0 Å². The number of benzene rings is 2. The van der Waals surface area contributed by atoms with Crippen LogP contribution < -0.4 is 9.62 Å². The molecule has 1 N–H and O–H groups in total. The van der Waals surface area contributed by atoms with Crippen molar-refractivity contribution in [3.05, 3.63) is 65.2 Å². The molecular weight excluding hydrogens is 396 g/mol. The summed E-state index contributed by atoms with van der Waals surface area (Å²) in [5.41, 5.74) is 3.67. The van der Waals surface area contributed by atoms with Crippen LogP contribution in [-0.2, 0) is 14.8 Å². The second kappa shape index (κ2) is 10.6. The molecule has 0 aliphatic heterocycles. The van der Waals surface area contributed by atoms with Gasteiger partial charge in [-0.1, -0.05) is 56.3 Å². The van der Waals surface area contributed by atoms with Gasteiger partial charge in [0.2, 0.25) is 15.9 Å². The number of carbonyl (C=O) groups excluding carboxylic acids is 1. The van der Waals surface area contributed by atoms with E-state index in [2.05, 4.69) is 19.2 Å². The van der Waals surface area contributed by atoms with E-state index in [-0.39, 0.29) is 24.9 Å². The van der Waals surface area contributed by atoms with E-state index in [1.807, 2.05) is 62.4 Å². The smallest absolute Gasteiger partial charge is 0.232 e. The molecule has 0 saturated carbocycles. The van der Waals surface area contributed by atoms with Crippen molar-refractivity contribution in [2.24, 2.45) is 5.92 Å². The van der Waals surface area contributed by atoms with Gasteiger partial charge in [0.1, 0.15) is 0 Å². The third kappa shape index (κ3) is 7.17. The lowest BCUT2D eigenvalue weighted by Gasteiger charge is -2.25. The molecule has 2 aromatic rings. The second-order valence-electron chi connectivity index (χ2n) is 8.39. The lowest BCUT2D eigenvalue weighted by Crippen LogP contribution is -2.33. The summed E-state index contributed by atoms with van der Waals surface area (Å²) in [6.07, 6.45) is 2.80. The van der Waals surface area contributed by atoms with Crippen LogP contribution in [0.3, 0.4) is 0 Å². The van der Waals surface area contributed by atoms with E-state index in [1.165, 1.54) is 10.6 Å². The van der Waals surface area contributed by atoms with Crippen molar-refractivity contribution < 1.29 is 13.2 Å². The number of aryl methyl sites for hydroxylation is 2. The molecule has 30 heavy (non-hydrogen) atoms. The number of hydrogen-bond acceptors (Lipinski definition) is 3. The molecule has 0 bridgehead atoms. The average Bonchev–Trinajstić information content (AvgIpc) is 2.66. The quantitative estimate of drug-likeness (QED) is 0.591. The highest BCUT2D eigenvalue weighted by molar-refractivity contribution is 7.92. The zero-order chi connectivity index (χ0) is 22.3.